The fraction of sp³-hybridized carbons (Fsp3) is 0.294. The van der Waals surface area contributed by atoms with Crippen molar-refractivity contribution in [3.8, 4) is 0 Å². The van der Waals surface area contributed by atoms with Gasteiger partial charge >= 0.3 is 0 Å². The van der Waals surface area contributed by atoms with Crippen LogP contribution in [0.25, 0.3) is 0 Å². The van der Waals surface area contributed by atoms with Gasteiger partial charge in [-0.3, -0.25) is 0 Å². The monoisotopic (exact) mass is 275 g/mol. The first-order valence-corrected chi connectivity index (χ1v) is 6.87. The highest BCUT2D eigenvalue weighted by atomic mass is 19.1. The summed E-state index contributed by atoms with van der Waals surface area (Å²) in [7, 11) is 0. The second kappa shape index (κ2) is 6.62. The maximum absolute atomic E-state index is 14.2. The zero-order valence-corrected chi connectivity index (χ0v) is 11.8. The Labute approximate surface area is 118 Å². The lowest BCUT2D eigenvalue weighted by Crippen LogP contribution is -2.25. The highest BCUT2D eigenvalue weighted by molar-refractivity contribution is 5.35. The third kappa shape index (κ3) is 3.23. The van der Waals surface area contributed by atoms with E-state index in [1.54, 1.807) is 24.3 Å². The van der Waals surface area contributed by atoms with Gasteiger partial charge in [0.25, 0.3) is 0 Å². The fourth-order valence-corrected chi connectivity index (χ4v) is 2.25. The maximum Gasteiger partial charge on any atom is 0.128 e. The molecule has 0 heterocycles. The smallest absolute Gasteiger partial charge is 0.128 e. The zero-order valence-electron chi connectivity index (χ0n) is 11.8. The Balaban J connectivity index is 2.44. The molecule has 0 saturated heterocycles. The summed E-state index contributed by atoms with van der Waals surface area (Å²) in [6.45, 7) is 4.56. The van der Waals surface area contributed by atoms with Crippen molar-refractivity contribution in [3.05, 3.63) is 70.8 Å². The molecule has 0 fully saturated rings. The van der Waals surface area contributed by atoms with Crippen LogP contribution in [-0.4, -0.2) is 6.54 Å². The quantitative estimate of drug-likeness (QED) is 0.854. The van der Waals surface area contributed by atoms with Gasteiger partial charge in [0.05, 0.1) is 6.04 Å². The number of nitrogens with one attached hydrogen (secondary N) is 1. The van der Waals surface area contributed by atoms with Crippen LogP contribution in [-0.2, 0) is 0 Å². The van der Waals surface area contributed by atoms with Gasteiger partial charge in [-0.1, -0.05) is 37.3 Å². The molecule has 1 N–H and O–H groups in total. The number of hydrogen-bond acceptors (Lipinski definition) is 1. The number of benzene rings is 2. The second-order valence-corrected chi connectivity index (χ2v) is 4.93. The van der Waals surface area contributed by atoms with Gasteiger partial charge in [0.15, 0.2) is 0 Å². The van der Waals surface area contributed by atoms with Gasteiger partial charge < -0.3 is 5.32 Å². The summed E-state index contributed by atoms with van der Waals surface area (Å²) >= 11 is 0. The Kier molecular flexibility index (Phi) is 4.85. The van der Waals surface area contributed by atoms with E-state index in [0.29, 0.717) is 17.7 Å². The van der Waals surface area contributed by atoms with Crippen molar-refractivity contribution in [2.75, 3.05) is 6.54 Å². The highest BCUT2D eigenvalue weighted by Crippen LogP contribution is 2.27. The predicted octanol–water partition coefficient (Wildman–Crippen LogP) is 4.36. The van der Waals surface area contributed by atoms with E-state index in [1.807, 2.05) is 19.9 Å². The van der Waals surface area contributed by atoms with Crippen molar-refractivity contribution in [1.82, 2.24) is 5.32 Å². The molecule has 2 rings (SSSR count). The molecule has 0 aliphatic carbocycles. The molecule has 20 heavy (non-hydrogen) atoms. The topological polar surface area (TPSA) is 12.0 Å². The van der Waals surface area contributed by atoms with Crippen LogP contribution in [0.15, 0.2) is 42.5 Å². The Bertz CT molecular complexity index is 581. The second-order valence-electron chi connectivity index (χ2n) is 4.93. The standard InChI is InChI=1S/C17H19F2N/c1-3-10-20-17(13-6-4-5-7-15(13)18)14-9-8-12(2)11-16(14)19/h4-9,11,17,20H,3,10H2,1-2H3. The van der Waals surface area contributed by atoms with Crippen molar-refractivity contribution in [2.45, 2.75) is 26.3 Å². The summed E-state index contributed by atoms with van der Waals surface area (Å²) in [5.41, 5.74) is 1.81. The highest BCUT2D eigenvalue weighted by Gasteiger charge is 2.20. The van der Waals surface area contributed by atoms with Gasteiger partial charge in [0.2, 0.25) is 0 Å². The summed E-state index contributed by atoms with van der Waals surface area (Å²) in [5, 5.41) is 3.22. The molecule has 0 amide bonds. The number of aryl methyl sites for hydroxylation is 1. The molecule has 1 unspecified atom stereocenters. The van der Waals surface area contributed by atoms with E-state index in [0.717, 1.165) is 12.0 Å². The number of rotatable bonds is 5. The molecule has 2 aromatic carbocycles. The minimum Gasteiger partial charge on any atom is -0.306 e. The van der Waals surface area contributed by atoms with Gasteiger partial charge in [-0.15, -0.1) is 0 Å². The van der Waals surface area contributed by atoms with Crippen molar-refractivity contribution in [1.29, 1.82) is 0 Å². The van der Waals surface area contributed by atoms with E-state index in [9.17, 15) is 8.78 Å². The van der Waals surface area contributed by atoms with Crippen molar-refractivity contribution in [2.24, 2.45) is 0 Å². The molecule has 0 aliphatic heterocycles. The summed E-state index contributed by atoms with van der Waals surface area (Å²) < 4.78 is 28.2. The molecule has 0 aliphatic rings. The predicted molar refractivity (Wildman–Crippen MR) is 77.7 cm³/mol. The molecule has 2 aromatic rings. The van der Waals surface area contributed by atoms with E-state index in [4.69, 9.17) is 0 Å². The third-order valence-corrected chi connectivity index (χ3v) is 3.28. The molecule has 1 atom stereocenters. The van der Waals surface area contributed by atoms with E-state index in [1.165, 1.54) is 12.1 Å². The van der Waals surface area contributed by atoms with Crippen molar-refractivity contribution < 1.29 is 8.78 Å². The van der Waals surface area contributed by atoms with Crippen LogP contribution < -0.4 is 5.32 Å². The van der Waals surface area contributed by atoms with Crippen molar-refractivity contribution in [3.63, 3.8) is 0 Å². The third-order valence-electron chi connectivity index (χ3n) is 3.28. The Morgan fingerprint density at radius 2 is 1.70 bits per heavy atom. The fourth-order valence-electron chi connectivity index (χ4n) is 2.25. The van der Waals surface area contributed by atoms with Crippen LogP contribution in [0.5, 0.6) is 0 Å². The van der Waals surface area contributed by atoms with Gasteiger partial charge in [0, 0.05) is 11.1 Å². The molecule has 1 nitrogen and oxygen atoms in total. The lowest BCUT2D eigenvalue weighted by Gasteiger charge is -2.21. The molecule has 106 valence electrons. The van der Waals surface area contributed by atoms with Crippen LogP contribution >= 0.6 is 0 Å². The van der Waals surface area contributed by atoms with E-state index >= 15 is 0 Å². The Morgan fingerprint density at radius 3 is 2.35 bits per heavy atom. The van der Waals surface area contributed by atoms with E-state index in [-0.39, 0.29) is 11.6 Å². The summed E-state index contributed by atoms with van der Waals surface area (Å²) in [4.78, 5) is 0. The van der Waals surface area contributed by atoms with Crippen LogP contribution in [0.4, 0.5) is 8.78 Å². The van der Waals surface area contributed by atoms with Crippen LogP contribution in [0, 0.1) is 18.6 Å². The first-order chi connectivity index (χ1) is 9.63. The summed E-state index contributed by atoms with van der Waals surface area (Å²) in [5.74, 6) is -0.622. The summed E-state index contributed by atoms with van der Waals surface area (Å²) in [6.07, 6.45) is 0.901. The molecule has 0 bridgehead atoms. The lowest BCUT2D eigenvalue weighted by atomic mass is 9.96. The van der Waals surface area contributed by atoms with E-state index in [2.05, 4.69) is 5.32 Å². The SMILES string of the molecule is CCCNC(c1ccccc1F)c1ccc(C)cc1F. The molecular formula is C17H19F2N. The van der Waals surface area contributed by atoms with Crippen LogP contribution in [0.3, 0.4) is 0 Å². The molecular weight excluding hydrogens is 256 g/mol. The van der Waals surface area contributed by atoms with Gasteiger partial charge in [-0.05, 0) is 37.6 Å². The first-order valence-electron chi connectivity index (χ1n) is 6.87. The van der Waals surface area contributed by atoms with Gasteiger partial charge in [-0.2, -0.15) is 0 Å². The lowest BCUT2D eigenvalue weighted by molar-refractivity contribution is 0.520. The molecule has 0 aromatic heterocycles. The molecule has 3 heteroatoms. The largest absolute Gasteiger partial charge is 0.306 e. The van der Waals surface area contributed by atoms with E-state index < -0.39 is 6.04 Å². The average Bonchev–Trinajstić information content (AvgIpc) is 2.42. The average molecular weight is 275 g/mol. The number of hydrogen-bond donors (Lipinski definition) is 1. The minimum absolute atomic E-state index is 0.304. The Morgan fingerprint density at radius 1 is 1.00 bits per heavy atom. The van der Waals surface area contributed by atoms with Crippen molar-refractivity contribution >= 4 is 0 Å². The first kappa shape index (κ1) is 14.7. The molecule has 0 saturated carbocycles. The molecule has 0 spiro atoms. The number of halogens is 2. The normalized spacial score (nSPS) is 12.4. The summed E-state index contributed by atoms with van der Waals surface area (Å²) in [6, 6.07) is 11.1. The van der Waals surface area contributed by atoms with Gasteiger partial charge in [-0.25, -0.2) is 8.78 Å². The van der Waals surface area contributed by atoms with Crippen LogP contribution in [0.1, 0.15) is 36.1 Å². The minimum atomic E-state index is -0.461. The maximum atomic E-state index is 14.2. The van der Waals surface area contributed by atoms with Gasteiger partial charge in [0.1, 0.15) is 11.6 Å². The Hall–Kier alpha value is -1.74. The zero-order chi connectivity index (χ0) is 14.5. The van der Waals surface area contributed by atoms with Crippen LogP contribution in [0.2, 0.25) is 0 Å². The molecule has 0 radical (unpaired) electrons.